The number of carbonyl (C=O) groups is 2. The molecule has 0 aromatic heterocycles. The molecule has 0 aliphatic carbocycles. The molecule has 1 saturated heterocycles. The number of likely N-dealkylation sites (tertiary alicyclic amines) is 1. The van der Waals surface area contributed by atoms with Crippen LogP contribution in [0.25, 0.3) is 0 Å². The number of aliphatic carboxylic acids is 1. The van der Waals surface area contributed by atoms with Crippen molar-refractivity contribution >= 4 is 40.9 Å². The van der Waals surface area contributed by atoms with Gasteiger partial charge in [0, 0.05) is 18.1 Å². The lowest BCUT2D eigenvalue weighted by Gasteiger charge is -2.30. The number of nitrogens with zero attached hydrogens (tertiary/aromatic N) is 1. The predicted octanol–water partition coefficient (Wildman–Crippen LogP) is 3.32. The highest BCUT2D eigenvalue weighted by Crippen LogP contribution is 2.26. The van der Waals surface area contributed by atoms with Crippen molar-refractivity contribution in [3.8, 4) is 0 Å². The summed E-state index contributed by atoms with van der Waals surface area (Å²) in [6.07, 6.45) is 1.27. The minimum atomic E-state index is -0.872. The number of halogens is 2. The zero-order valence-corrected chi connectivity index (χ0v) is 12.1. The molecule has 0 saturated carbocycles. The smallest absolute Gasteiger partial charge is 0.321 e. The van der Waals surface area contributed by atoms with Crippen molar-refractivity contribution in [1.29, 1.82) is 0 Å². The highest BCUT2D eigenvalue weighted by molar-refractivity contribution is 6.35. The summed E-state index contributed by atoms with van der Waals surface area (Å²) in [5.74, 6) is -1.38. The van der Waals surface area contributed by atoms with Gasteiger partial charge in [0.15, 0.2) is 0 Å². The van der Waals surface area contributed by atoms with Gasteiger partial charge in [0.25, 0.3) is 0 Å². The fourth-order valence-corrected chi connectivity index (χ4v) is 2.49. The van der Waals surface area contributed by atoms with E-state index >= 15 is 0 Å². The van der Waals surface area contributed by atoms with Crippen molar-refractivity contribution in [3.63, 3.8) is 0 Å². The third kappa shape index (κ3) is 3.55. The predicted molar refractivity (Wildman–Crippen MR) is 77.4 cm³/mol. The number of urea groups is 1. The molecule has 0 bridgehead atoms. The van der Waals surface area contributed by atoms with Crippen molar-refractivity contribution in [2.24, 2.45) is 5.92 Å². The normalized spacial score (nSPS) is 18.7. The van der Waals surface area contributed by atoms with Crippen LogP contribution in [-0.2, 0) is 4.79 Å². The van der Waals surface area contributed by atoms with Crippen LogP contribution in [0.3, 0.4) is 0 Å². The van der Waals surface area contributed by atoms with E-state index in [2.05, 4.69) is 5.32 Å². The molecular weight excluding hydrogens is 303 g/mol. The first-order chi connectivity index (χ1) is 9.47. The van der Waals surface area contributed by atoms with Crippen LogP contribution in [0.2, 0.25) is 10.0 Å². The molecule has 1 aromatic rings. The standard InChI is InChI=1S/C13H14Cl2N2O3/c14-9-3-4-10(15)11(6-9)16-13(20)17-5-1-2-8(7-17)12(18)19/h3-4,6,8H,1-2,5,7H2,(H,16,20)(H,18,19)/t8-/m0/s1. The number of amides is 2. The number of anilines is 1. The van der Waals surface area contributed by atoms with Gasteiger partial charge in [-0.05, 0) is 31.0 Å². The first-order valence-electron chi connectivity index (χ1n) is 6.21. The van der Waals surface area contributed by atoms with E-state index in [0.717, 1.165) is 0 Å². The summed E-state index contributed by atoms with van der Waals surface area (Å²) in [7, 11) is 0. The van der Waals surface area contributed by atoms with Gasteiger partial charge in [-0.3, -0.25) is 4.79 Å². The van der Waals surface area contributed by atoms with Crippen LogP contribution in [0.5, 0.6) is 0 Å². The Kier molecular flexibility index (Phi) is 4.73. The van der Waals surface area contributed by atoms with Gasteiger partial charge < -0.3 is 15.3 Å². The zero-order valence-electron chi connectivity index (χ0n) is 10.6. The molecule has 0 unspecified atom stereocenters. The number of carboxylic acids is 1. The Balaban J connectivity index is 2.04. The van der Waals surface area contributed by atoms with Crippen molar-refractivity contribution in [3.05, 3.63) is 28.2 Å². The summed E-state index contributed by atoms with van der Waals surface area (Å²) in [5.41, 5.74) is 0.418. The van der Waals surface area contributed by atoms with Gasteiger partial charge in [-0.15, -0.1) is 0 Å². The number of hydrogen-bond acceptors (Lipinski definition) is 2. The van der Waals surface area contributed by atoms with Crippen LogP contribution in [0.15, 0.2) is 18.2 Å². The van der Waals surface area contributed by atoms with Crippen molar-refractivity contribution in [2.75, 3.05) is 18.4 Å². The summed E-state index contributed by atoms with van der Waals surface area (Å²) < 4.78 is 0. The highest BCUT2D eigenvalue weighted by Gasteiger charge is 2.28. The maximum atomic E-state index is 12.1. The van der Waals surface area contributed by atoms with Gasteiger partial charge in [-0.2, -0.15) is 0 Å². The topological polar surface area (TPSA) is 69.6 Å². The lowest BCUT2D eigenvalue weighted by Crippen LogP contribution is -2.44. The minimum Gasteiger partial charge on any atom is -0.481 e. The Bertz CT molecular complexity index is 536. The Hall–Kier alpha value is -1.46. The van der Waals surface area contributed by atoms with E-state index in [9.17, 15) is 9.59 Å². The monoisotopic (exact) mass is 316 g/mol. The first kappa shape index (κ1) is 14.9. The fraction of sp³-hybridized carbons (Fsp3) is 0.385. The number of hydrogen-bond donors (Lipinski definition) is 2. The summed E-state index contributed by atoms with van der Waals surface area (Å²) in [6, 6.07) is 4.41. The Labute approximate surface area is 126 Å². The maximum absolute atomic E-state index is 12.1. The molecule has 2 rings (SSSR count). The van der Waals surface area contributed by atoms with E-state index in [1.54, 1.807) is 18.2 Å². The second-order valence-corrected chi connectivity index (χ2v) is 5.52. The van der Waals surface area contributed by atoms with Gasteiger partial charge >= 0.3 is 12.0 Å². The first-order valence-corrected chi connectivity index (χ1v) is 6.97. The molecule has 1 aromatic carbocycles. The summed E-state index contributed by atoms with van der Waals surface area (Å²) >= 11 is 11.8. The molecule has 20 heavy (non-hydrogen) atoms. The molecule has 1 fully saturated rings. The SMILES string of the molecule is O=C(O)[C@H]1CCCN(C(=O)Nc2cc(Cl)ccc2Cl)C1. The molecular formula is C13H14Cl2N2O3. The summed E-state index contributed by atoms with van der Waals surface area (Å²) in [6.45, 7) is 0.743. The van der Waals surface area contributed by atoms with Crippen molar-refractivity contribution in [1.82, 2.24) is 4.90 Å². The van der Waals surface area contributed by atoms with Gasteiger partial charge in [0.2, 0.25) is 0 Å². The van der Waals surface area contributed by atoms with Crippen LogP contribution < -0.4 is 5.32 Å². The number of nitrogens with one attached hydrogen (secondary N) is 1. The summed E-state index contributed by atoms with van der Waals surface area (Å²) in [5, 5.41) is 12.5. The molecule has 0 spiro atoms. The largest absolute Gasteiger partial charge is 0.481 e. The Morgan fingerprint density at radius 1 is 1.35 bits per heavy atom. The van der Waals surface area contributed by atoms with E-state index in [1.165, 1.54) is 4.90 Å². The lowest BCUT2D eigenvalue weighted by atomic mass is 9.99. The molecule has 1 heterocycles. The Morgan fingerprint density at radius 3 is 2.80 bits per heavy atom. The van der Waals surface area contributed by atoms with Crippen molar-refractivity contribution < 1.29 is 14.7 Å². The number of benzene rings is 1. The van der Waals surface area contributed by atoms with Crippen LogP contribution in [0, 0.1) is 5.92 Å². The van der Waals surface area contributed by atoms with Gasteiger partial charge in [-0.25, -0.2) is 4.79 Å². The molecule has 7 heteroatoms. The second kappa shape index (κ2) is 6.33. The average molecular weight is 317 g/mol. The molecule has 1 aliphatic heterocycles. The number of carboxylic acid groups (broad SMARTS) is 1. The fourth-order valence-electron chi connectivity index (χ4n) is 2.15. The van der Waals surface area contributed by atoms with Crippen LogP contribution in [0.1, 0.15) is 12.8 Å². The average Bonchev–Trinajstić information content (AvgIpc) is 2.43. The molecule has 1 atom stereocenters. The van der Waals surface area contributed by atoms with E-state index in [-0.39, 0.29) is 12.6 Å². The lowest BCUT2D eigenvalue weighted by molar-refractivity contribution is -0.143. The van der Waals surface area contributed by atoms with Crippen LogP contribution >= 0.6 is 23.2 Å². The second-order valence-electron chi connectivity index (χ2n) is 4.68. The molecule has 5 nitrogen and oxygen atoms in total. The third-order valence-corrected chi connectivity index (χ3v) is 3.79. The maximum Gasteiger partial charge on any atom is 0.321 e. The van der Waals surface area contributed by atoms with E-state index in [0.29, 0.717) is 35.1 Å². The molecule has 2 amide bonds. The van der Waals surface area contributed by atoms with Gasteiger partial charge in [0.1, 0.15) is 0 Å². The van der Waals surface area contributed by atoms with E-state index < -0.39 is 11.9 Å². The summed E-state index contributed by atoms with van der Waals surface area (Å²) in [4.78, 5) is 24.6. The van der Waals surface area contributed by atoms with E-state index in [4.69, 9.17) is 28.3 Å². The minimum absolute atomic E-state index is 0.208. The third-order valence-electron chi connectivity index (χ3n) is 3.23. The van der Waals surface area contributed by atoms with Crippen molar-refractivity contribution in [2.45, 2.75) is 12.8 Å². The molecule has 0 radical (unpaired) electrons. The molecule has 1 aliphatic rings. The van der Waals surface area contributed by atoms with E-state index in [1.807, 2.05) is 0 Å². The van der Waals surface area contributed by atoms with Crippen LogP contribution in [-0.4, -0.2) is 35.1 Å². The Morgan fingerprint density at radius 2 is 2.10 bits per heavy atom. The molecule has 2 N–H and O–H groups in total. The zero-order chi connectivity index (χ0) is 14.7. The molecule has 108 valence electrons. The quantitative estimate of drug-likeness (QED) is 0.879. The van der Waals surface area contributed by atoms with Gasteiger partial charge in [0.05, 0.1) is 16.6 Å². The number of carbonyl (C=O) groups excluding carboxylic acids is 1. The number of rotatable bonds is 2. The van der Waals surface area contributed by atoms with Gasteiger partial charge in [-0.1, -0.05) is 23.2 Å². The highest BCUT2D eigenvalue weighted by atomic mass is 35.5. The number of piperidine rings is 1. The van der Waals surface area contributed by atoms with Crippen LogP contribution in [0.4, 0.5) is 10.5 Å².